The smallest absolute Gasteiger partial charge is 0.0429 e. The Kier molecular flexibility index (Phi) is 5.82. The molecule has 15 heavy (non-hydrogen) atoms. The van der Waals surface area contributed by atoms with Gasteiger partial charge in [-0.3, -0.25) is 4.90 Å². The Bertz CT molecular complexity index is 181. The molecule has 1 aliphatic heterocycles. The molecule has 0 amide bonds. The van der Waals surface area contributed by atoms with Crippen LogP contribution >= 0.6 is 23.5 Å². The van der Waals surface area contributed by atoms with E-state index in [1.165, 1.54) is 30.1 Å². The molecule has 1 heterocycles. The van der Waals surface area contributed by atoms with Crippen molar-refractivity contribution in [2.45, 2.75) is 31.3 Å². The molecule has 0 aromatic carbocycles. The second kappa shape index (κ2) is 6.38. The summed E-state index contributed by atoms with van der Waals surface area (Å²) < 4.78 is 0. The van der Waals surface area contributed by atoms with Gasteiger partial charge in [0.2, 0.25) is 0 Å². The number of thioether (sulfide) groups is 2. The highest BCUT2D eigenvalue weighted by Crippen LogP contribution is 2.33. The number of nitrogens with zero attached hydrogens (tertiary/aromatic N) is 1. The molecular weight excluding hydrogens is 224 g/mol. The fraction of sp³-hybridized carbons (Fsp3) is 1.00. The van der Waals surface area contributed by atoms with Crippen LogP contribution in [0, 0.1) is 0 Å². The minimum absolute atomic E-state index is 0.279. The van der Waals surface area contributed by atoms with Gasteiger partial charge in [0.1, 0.15) is 0 Å². The van der Waals surface area contributed by atoms with E-state index >= 15 is 0 Å². The van der Waals surface area contributed by atoms with Gasteiger partial charge in [0.05, 0.1) is 0 Å². The van der Waals surface area contributed by atoms with Gasteiger partial charge in [-0.1, -0.05) is 6.92 Å². The SMILES string of the molecule is CCC(CSC)N(C)C1(CN)CCSC1. The van der Waals surface area contributed by atoms with Gasteiger partial charge >= 0.3 is 0 Å². The molecule has 1 saturated heterocycles. The largest absolute Gasteiger partial charge is 0.329 e. The summed E-state index contributed by atoms with van der Waals surface area (Å²) >= 11 is 3.99. The molecule has 2 unspecified atom stereocenters. The molecule has 90 valence electrons. The fourth-order valence-electron chi connectivity index (χ4n) is 2.26. The monoisotopic (exact) mass is 248 g/mol. The van der Waals surface area contributed by atoms with E-state index in [2.05, 4.69) is 36.9 Å². The molecular formula is C11H24N2S2. The third kappa shape index (κ3) is 3.05. The molecule has 0 saturated carbocycles. The van der Waals surface area contributed by atoms with E-state index in [4.69, 9.17) is 5.73 Å². The van der Waals surface area contributed by atoms with Crippen LogP contribution in [0.1, 0.15) is 19.8 Å². The summed E-state index contributed by atoms with van der Waals surface area (Å²) in [5, 5.41) is 0. The van der Waals surface area contributed by atoms with Crippen LogP contribution in [-0.4, -0.2) is 53.6 Å². The Hall–Kier alpha value is 0.620. The van der Waals surface area contributed by atoms with Crippen molar-refractivity contribution >= 4 is 23.5 Å². The third-order valence-electron chi connectivity index (χ3n) is 3.59. The van der Waals surface area contributed by atoms with Crippen LogP contribution < -0.4 is 5.73 Å². The molecule has 4 heteroatoms. The maximum atomic E-state index is 6.00. The maximum Gasteiger partial charge on any atom is 0.0429 e. The van der Waals surface area contributed by atoms with Gasteiger partial charge in [-0.05, 0) is 31.9 Å². The number of nitrogens with two attached hydrogens (primary N) is 1. The summed E-state index contributed by atoms with van der Waals surface area (Å²) in [7, 11) is 2.27. The van der Waals surface area contributed by atoms with Crippen molar-refractivity contribution in [3.8, 4) is 0 Å². The molecule has 0 aromatic heterocycles. The van der Waals surface area contributed by atoms with Crippen LogP contribution in [0.5, 0.6) is 0 Å². The lowest BCUT2D eigenvalue weighted by Gasteiger charge is -2.42. The van der Waals surface area contributed by atoms with Crippen LogP contribution in [0.2, 0.25) is 0 Å². The standard InChI is InChI=1S/C11H24N2S2/c1-4-10(7-14-3)13(2)11(8-12)5-6-15-9-11/h10H,4-9,12H2,1-3H3. The quantitative estimate of drug-likeness (QED) is 0.777. The highest BCUT2D eigenvalue weighted by molar-refractivity contribution is 7.99. The van der Waals surface area contributed by atoms with E-state index in [-0.39, 0.29) is 5.54 Å². The average Bonchev–Trinajstić information content (AvgIpc) is 2.74. The van der Waals surface area contributed by atoms with Crippen molar-refractivity contribution in [2.24, 2.45) is 5.73 Å². The van der Waals surface area contributed by atoms with Crippen molar-refractivity contribution in [3.05, 3.63) is 0 Å². The van der Waals surface area contributed by atoms with Crippen molar-refractivity contribution in [1.29, 1.82) is 0 Å². The minimum atomic E-state index is 0.279. The number of hydrogen-bond acceptors (Lipinski definition) is 4. The summed E-state index contributed by atoms with van der Waals surface area (Å²) in [5.74, 6) is 3.71. The van der Waals surface area contributed by atoms with Crippen LogP contribution in [-0.2, 0) is 0 Å². The summed E-state index contributed by atoms with van der Waals surface area (Å²) in [6.45, 7) is 3.09. The molecule has 1 aliphatic rings. The van der Waals surface area contributed by atoms with E-state index in [9.17, 15) is 0 Å². The van der Waals surface area contributed by atoms with Crippen molar-refractivity contribution < 1.29 is 0 Å². The first kappa shape index (κ1) is 13.7. The molecule has 0 radical (unpaired) electrons. The topological polar surface area (TPSA) is 29.3 Å². The molecule has 1 rings (SSSR count). The zero-order valence-electron chi connectivity index (χ0n) is 10.2. The fourth-order valence-corrected chi connectivity index (χ4v) is 4.62. The number of hydrogen-bond donors (Lipinski definition) is 1. The number of rotatable bonds is 6. The van der Waals surface area contributed by atoms with Crippen molar-refractivity contribution in [3.63, 3.8) is 0 Å². The van der Waals surface area contributed by atoms with Crippen molar-refractivity contribution in [1.82, 2.24) is 4.90 Å². The molecule has 0 bridgehead atoms. The molecule has 2 nitrogen and oxygen atoms in total. The first-order valence-electron chi connectivity index (χ1n) is 5.70. The second-order valence-corrected chi connectivity index (χ2v) is 6.38. The normalized spacial score (nSPS) is 28.6. The van der Waals surface area contributed by atoms with Gasteiger partial charge in [-0.25, -0.2) is 0 Å². The Morgan fingerprint density at radius 1 is 1.60 bits per heavy atom. The van der Waals surface area contributed by atoms with Gasteiger partial charge < -0.3 is 5.73 Å². The molecule has 0 aromatic rings. The molecule has 1 fully saturated rings. The van der Waals surface area contributed by atoms with E-state index < -0.39 is 0 Å². The minimum Gasteiger partial charge on any atom is -0.329 e. The Morgan fingerprint density at radius 2 is 2.33 bits per heavy atom. The summed E-state index contributed by atoms with van der Waals surface area (Å²) in [4.78, 5) is 2.56. The average molecular weight is 248 g/mol. The van der Waals surface area contributed by atoms with Gasteiger partial charge in [-0.15, -0.1) is 0 Å². The lowest BCUT2D eigenvalue weighted by atomic mass is 9.95. The van der Waals surface area contributed by atoms with Crippen molar-refractivity contribution in [2.75, 3.05) is 37.1 Å². The Labute approximate surface area is 103 Å². The molecule has 0 aliphatic carbocycles. The maximum absolute atomic E-state index is 6.00. The zero-order valence-corrected chi connectivity index (χ0v) is 11.8. The van der Waals surface area contributed by atoms with Crippen LogP contribution in [0.15, 0.2) is 0 Å². The summed E-state index contributed by atoms with van der Waals surface area (Å²) in [5.41, 5.74) is 6.28. The predicted octanol–water partition coefficient (Wildman–Crippen LogP) is 1.89. The molecule has 2 N–H and O–H groups in total. The highest BCUT2D eigenvalue weighted by Gasteiger charge is 2.39. The van der Waals surface area contributed by atoms with Crippen LogP contribution in [0.4, 0.5) is 0 Å². The lowest BCUT2D eigenvalue weighted by Crippen LogP contribution is -2.56. The first-order chi connectivity index (χ1) is 7.20. The second-order valence-electron chi connectivity index (χ2n) is 4.36. The van der Waals surface area contributed by atoms with Gasteiger partial charge in [0, 0.05) is 29.6 Å². The number of likely N-dealkylation sites (N-methyl/N-ethyl adjacent to an activating group) is 1. The van der Waals surface area contributed by atoms with E-state index in [1.54, 1.807) is 0 Å². The van der Waals surface area contributed by atoms with E-state index in [0.29, 0.717) is 6.04 Å². The predicted molar refractivity (Wildman–Crippen MR) is 74.0 cm³/mol. The zero-order chi connectivity index (χ0) is 11.3. The first-order valence-corrected chi connectivity index (χ1v) is 8.24. The highest BCUT2D eigenvalue weighted by atomic mass is 32.2. The van der Waals surface area contributed by atoms with E-state index in [0.717, 1.165) is 6.54 Å². The third-order valence-corrected chi connectivity index (χ3v) is 5.54. The molecule has 0 spiro atoms. The van der Waals surface area contributed by atoms with E-state index in [1.807, 2.05) is 11.8 Å². The Balaban J connectivity index is 2.65. The summed E-state index contributed by atoms with van der Waals surface area (Å²) in [6, 6.07) is 0.683. The van der Waals surface area contributed by atoms with Crippen LogP contribution in [0.3, 0.4) is 0 Å². The Morgan fingerprint density at radius 3 is 2.73 bits per heavy atom. The van der Waals surface area contributed by atoms with Gasteiger partial charge in [0.15, 0.2) is 0 Å². The van der Waals surface area contributed by atoms with Gasteiger partial charge in [0.25, 0.3) is 0 Å². The summed E-state index contributed by atoms with van der Waals surface area (Å²) in [6.07, 6.45) is 4.67. The molecule has 2 atom stereocenters. The lowest BCUT2D eigenvalue weighted by molar-refractivity contribution is 0.107. The van der Waals surface area contributed by atoms with Gasteiger partial charge in [-0.2, -0.15) is 23.5 Å². The van der Waals surface area contributed by atoms with Crippen LogP contribution in [0.25, 0.3) is 0 Å².